The molecule has 4 heteroatoms. The van der Waals surface area contributed by atoms with Gasteiger partial charge >= 0.3 is 0 Å². The van der Waals surface area contributed by atoms with Crippen LogP contribution in [0.2, 0.25) is 0 Å². The van der Waals surface area contributed by atoms with E-state index in [1.165, 1.54) is 0 Å². The van der Waals surface area contributed by atoms with Gasteiger partial charge in [0.15, 0.2) is 0 Å². The van der Waals surface area contributed by atoms with Gasteiger partial charge in [-0.3, -0.25) is 0 Å². The summed E-state index contributed by atoms with van der Waals surface area (Å²) in [7, 11) is 0. The third-order valence-electron chi connectivity index (χ3n) is 1.19. The maximum Gasteiger partial charge on any atom is 0.0430 e. The van der Waals surface area contributed by atoms with Crippen LogP contribution in [0.25, 0.3) is 0 Å². The molecule has 0 radical (unpaired) electrons. The molecule has 0 saturated carbocycles. The largest absolute Gasteiger partial charge is 0.396 e. The normalized spacial score (nSPS) is 8.14. The molecule has 0 rings (SSSR count). The Morgan fingerprint density at radius 3 is 1.07 bits per heavy atom. The van der Waals surface area contributed by atoms with Crippen LogP contribution in [0.15, 0.2) is 0 Å². The van der Waals surface area contributed by atoms with E-state index in [2.05, 4.69) is 13.8 Å². The Kier molecular flexibility index (Phi) is 40.6. The topological polar surface area (TPSA) is 92.5 Å². The van der Waals surface area contributed by atoms with Crippen LogP contribution in [0, 0.1) is 0 Å². The highest BCUT2D eigenvalue weighted by Gasteiger charge is 1.69. The molecule has 0 aliphatic rings. The van der Waals surface area contributed by atoms with Crippen molar-refractivity contribution in [2.75, 3.05) is 26.3 Å². The lowest BCUT2D eigenvalue weighted by Gasteiger charge is -1.79. The fraction of sp³-hybridized carbons (Fsp3) is 1.00. The molecular weight excluding hydrogens is 180 g/mol. The lowest BCUT2D eigenvalue weighted by atomic mass is 10.4. The zero-order chi connectivity index (χ0) is 11.7. The summed E-state index contributed by atoms with van der Waals surface area (Å²) in [4.78, 5) is 0. The van der Waals surface area contributed by atoms with Gasteiger partial charge in [0, 0.05) is 26.3 Å². The molecule has 0 spiro atoms. The minimum absolute atomic E-state index is 0.344. The Hall–Kier alpha value is -0.160. The van der Waals surface area contributed by atoms with E-state index in [-0.39, 0.29) is 0 Å². The quantitative estimate of drug-likeness (QED) is 0.528. The summed E-state index contributed by atoms with van der Waals surface area (Å²) in [5.41, 5.74) is 9.81. The maximum absolute atomic E-state index is 8.07. The maximum atomic E-state index is 8.07. The second kappa shape index (κ2) is 29.3. The number of hydrogen-bond donors (Lipinski definition) is 4. The molecule has 0 fully saturated rings. The van der Waals surface area contributed by atoms with Crippen LogP contribution < -0.4 is 11.5 Å². The van der Waals surface area contributed by atoms with E-state index in [4.69, 9.17) is 21.7 Å². The van der Waals surface area contributed by atoms with E-state index in [1.807, 2.05) is 0 Å². The molecule has 0 aliphatic heterocycles. The van der Waals surface area contributed by atoms with E-state index < -0.39 is 0 Å². The van der Waals surface area contributed by atoms with Crippen LogP contribution in [0.4, 0.5) is 0 Å². The Morgan fingerprint density at radius 2 is 1.07 bits per heavy atom. The highest BCUT2D eigenvalue weighted by atomic mass is 16.3. The summed E-state index contributed by atoms with van der Waals surface area (Å²) in [6, 6.07) is 0. The highest BCUT2D eigenvalue weighted by molar-refractivity contribution is 4.26. The van der Waals surface area contributed by atoms with E-state index in [1.54, 1.807) is 0 Å². The third-order valence-corrected chi connectivity index (χ3v) is 1.19. The summed E-state index contributed by atoms with van der Waals surface area (Å²) in [5, 5.41) is 16.1. The van der Waals surface area contributed by atoms with Gasteiger partial charge in [-0.15, -0.1) is 0 Å². The van der Waals surface area contributed by atoms with Gasteiger partial charge in [0.25, 0.3) is 0 Å². The number of unbranched alkanes of at least 4 members (excludes halogenated alkanes) is 2. The average Bonchev–Trinajstić information content (AvgIpc) is 2.22. The second-order valence-corrected chi connectivity index (χ2v) is 2.73. The fourth-order valence-electron chi connectivity index (χ4n) is 0.316. The third kappa shape index (κ3) is 59.4. The Bertz CT molecular complexity index is 52.1. The van der Waals surface area contributed by atoms with Crippen LogP contribution in [0.3, 0.4) is 0 Å². The molecule has 0 aromatic heterocycles. The van der Waals surface area contributed by atoms with Crippen LogP contribution >= 0.6 is 0 Å². The number of rotatable bonds is 5. The van der Waals surface area contributed by atoms with E-state index in [0.29, 0.717) is 26.3 Å². The zero-order valence-corrected chi connectivity index (χ0v) is 9.71. The first kappa shape index (κ1) is 19.4. The van der Waals surface area contributed by atoms with Crippen molar-refractivity contribution in [3.05, 3.63) is 0 Å². The van der Waals surface area contributed by atoms with Crippen molar-refractivity contribution in [1.29, 1.82) is 0 Å². The van der Waals surface area contributed by atoms with Crippen LogP contribution in [0.5, 0.6) is 0 Å². The zero-order valence-electron chi connectivity index (χ0n) is 9.71. The number of aliphatic hydroxyl groups is 2. The van der Waals surface area contributed by atoms with Gasteiger partial charge < -0.3 is 21.7 Å². The van der Waals surface area contributed by atoms with Gasteiger partial charge in [-0.1, -0.05) is 26.7 Å². The number of aliphatic hydroxyl groups excluding tert-OH is 2. The van der Waals surface area contributed by atoms with Gasteiger partial charge in [-0.05, 0) is 12.8 Å². The van der Waals surface area contributed by atoms with Gasteiger partial charge in [0.2, 0.25) is 0 Å². The molecule has 0 saturated heterocycles. The summed E-state index contributed by atoms with van der Waals surface area (Å²) in [6.07, 6.45) is 4.08. The molecule has 6 N–H and O–H groups in total. The summed E-state index contributed by atoms with van der Waals surface area (Å²) in [6.45, 7) is 5.99. The van der Waals surface area contributed by atoms with E-state index in [9.17, 15) is 0 Å². The summed E-state index contributed by atoms with van der Waals surface area (Å²) < 4.78 is 0. The molecular formula is C10H28N2O2. The minimum atomic E-state index is 0.344. The van der Waals surface area contributed by atoms with Crippen molar-refractivity contribution in [3.63, 3.8) is 0 Å². The van der Waals surface area contributed by atoms with Gasteiger partial charge in [-0.25, -0.2) is 0 Å². The first-order valence-corrected chi connectivity index (χ1v) is 5.36. The smallest absolute Gasteiger partial charge is 0.0430 e. The van der Waals surface area contributed by atoms with Crippen LogP contribution in [0.1, 0.15) is 39.5 Å². The van der Waals surface area contributed by atoms with E-state index in [0.717, 1.165) is 25.7 Å². The number of hydrogen-bond acceptors (Lipinski definition) is 4. The number of nitrogens with two attached hydrogens (primary N) is 2. The molecule has 0 aromatic rings. The van der Waals surface area contributed by atoms with E-state index >= 15 is 0 Å². The Balaban J connectivity index is -0.000000131. The molecule has 0 aromatic carbocycles. The standard InChI is InChI=1S/2C4H10O.C2H8N2/c2*1-2-3-4-5;3-1-2-4/h2*5H,2-4H2,1H3;1-4H2. The Labute approximate surface area is 88.3 Å². The van der Waals surface area contributed by atoms with Crippen molar-refractivity contribution in [2.45, 2.75) is 39.5 Å². The monoisotopic (exact) mass is 208 g/mol. The molecule has 0 bridgehead atoms. The molecule has 0 heterocycles. The first-order valence-electron chi connectivity index (χ1n) is 5.36. The van der Waals surface area contributed by atoms with Gasteiger partial charge in [0.05, 0.1) is 0 Å². The minimum Gasteiger partial charge on any atom is -0.396 e. The van der Waals surface area contributed by atoms with Crippen molar-refractivity contribution < 1.29 is 10.2 Å². The van der Waals surface area contributed by atoms with Crippen molar-refractivity contribution in [3.8, 4) is 0 Å². The summed E-state index contributed by atoms with van der Waals surface area (Å²) >= 11 is 0. The molecule has 0 aliphatic carbocycles. The fourth-order valence-corrected chi connectivity index (χ4v) is 0.316. The predicted octanol–water partition coefficient (Wildman–Crippen LogP) is 0.461. The highest BCUT2D eigenvalue weighted by Crippen LogP contribution is 1.79. The molecule has 14 heavy (non-hydrogen) atoms. The van der Waals surface area contributed by atoms with Gasteiger partial charge in [0.1, 0.15) is 0 Å². The van der Waals surface area contributed by atoms with Crippen molar-refractivity contribution in [2.24, 2.45) is 11.5 Å². The molecule has 90 valence electrons. The first-order chi connectivity index (χ1) is 6.74. The van der Waals surface area contributed by atoms with Crippen molar-refractivity contribution in [1.82, 2.24) is 0 Å². The molecule has 0 unspecified atom stereocenters. The second-order valence-electron chi connectivity index (χ2n) is 2.73. The molecule has 0 amide bonds. The lowest BCUT2D eigenvalue weighted by Crippen LogP contribution is -2.11. The van der Waals surface area contributed by atoms with Crippen LogP contribution in [-0.4, -0.2) is 36.5 Å². The van der Waals surface area contributed by atoms with Gasteiger partial charge in [-0.2, -0.15) is 0 Å². The predicted molar refractivity (Wildman–Crippen MR) is 62.1 cm³/mol. The SMILES string of the molecule is CCCCO.CCCCO.NCCN. The molecule has 4 nitrogen and oxygen atoms in total. The van der Waals surface area contributed by atoms with Crippen LogP contribution in [-0.2, 0) is 0 Å². The van der Waals surface area contributed by atoms with Crippen molar-refractivity contribution >= 4 is 0 Å². The Morgan fingerprint density at radius 1 is 0.786 bits per heavy atom. The summed E-state index contributed by atoms with van der Waals surface area (Å²) in [5.74, 6) is 0. The average molecular weight is 208 g/mol. The molecule has 0 atom stereocenters. The lowest BCUT2D eigenvalue weighted by molar-refractivity contribution is 0.286.